The second-order valence-corrected chi connectivity index (χ2v) is 10.1. The Hall–Kier alpha value is -2.70. The van der Waals surface area contributed by atoms with Crippen molar-refractivity contribution >= 4 is 67.1 Å². The molecule has 2 N–H and O–H groups in total. The van der Waals surface area contributed by atoms with Gasteiger partial charge in [0.25, 0.3) is 16.0 Å². The number of halogens is 2. The number of anilines is 1. The second kappa shape index (κ2) is 12.0. The van der Waals surface area contributed by atoms with Crippen LogP contribution in [-0.2, 0) is 10.1 Å². The third-order valence-corrected chi connectivity index (χ3v) is 7.04. The van der Waals surface area contributed by atoms with E-state index in [1.807, 2.05) is 0 Å². The summed E-state index contributed by atoms with van der Waals surface area (Å²) in [5.41, 5.74) is 0.340. The van der Waals surface area contributed by atoms with E-state index in [4.69, 9.17) is 27.9 Å². The molecule has 0 aromatic heterocycles. The zero-order valence-corrected chi connectivity index (χ0v) is 24.6. The number of hydrogen-bond acceptors (Lipinski definition) is 7. The number of fused-ring (bicyclic) bond motifs is 1. The van der Waals surface area contributed by atoms with Crippen molar-refractivity contribution in [1.82, 2.24) is 0 Å². The van der Waals surface area contributed by atoms with Gasteiger partial charge in [0.05, 0.1) is 23.5 Å². The van der Waals surface area contributed by atoms with Gasteiger partial charge < -0.3 is 15.2 Å². The largest absolute Gasteiger partial charge is 1.00 e. The molecule has 0 atom stereocenters. The summed E-state index contributed by atoms with van der Waals surface area (Å²) in [7, 11) is -3.17. The topological polar surface area (TPSA) is 140 Å². The summed E-state index contributed by atoms with van der Waals surface area (Å²) in [5, 5.41) is 25.2. The number of methoxy groups -OCH3 is 1. The van der Waals surface area contributed by atoms with E-state index in [1.54, 1.807) is 36.4 Å². The number of nitrogens with zero attached hydrogens (tertiary/aromatic N) is 2. The molecule has 0 bridgehead atoms. The maximum atomic E-state index is 13.4. The minimum Gasteiger partial charge on any atom is -0.870 e. The molecule has 0 aliphatic carbocycles. The van der Waals surface area contributed by atoms with E-state index in [0.717, 1.165) is 6.07 Å². The van der Waals surface area contributed by atoms with Crippen molar-refractivity contribution in [2.45, 2.75) is 11.8 Å². The molecule has 4 aromatic rings. The predicted octanol–water partition coefficient (Wildman–Crippen LogP) is 3.46. The van der Waals surface area contributed by atoms with Crippen LogP contribution in [0.25, 0.3) is 10.8 Å². The van der Waals surface area contributed by atoms with Crippen LogP contribution < -0.4 is 44.7 Å². The maximum Gasteiger partial charge on any atom is 1.00 e. The average Bonchev–Trinajstić information content (AvgIpc) is 2.83. The summed E-state index contributed by atoms with van der Waals surface area (Å²) < 4.78 is 38.0. The van der Waals surface area contributed by atoms with E-state index in [1.165, 1.54) is 32.2 Å². The normalized spacial score (nSPS) is 11.4. The molecular formula is C25H18Cl2N3NaO6S. The molecule has 0 aliphatic rings. The van der Waals surface area contributed by atoms with Crippen LogP contribution in [0.1, 0.15) is 15.9 Å². The van der Waals surface area contributed by atoms with Crippen LogP contribution >= 0.6 is 23.2 Å². The number of benzene rings is 4. The summed E-state index contributed by atoms with van der Waals surface area (Å²) >= 11 is 12.1. The molecule has 0 saturated carbocycles. The molecule has 13 heteroatoms. The third-order valence-electron chi connectivity index (χ3n) is 5.33. The van der Waals surface area contributed by atoms with Crippen LogP contribution in [0.2, 0.25) is 10.0 Å². The quantitative estimate of drug-likeness (QED) is 0.203. The van der Waals surface area contributed by atoms with Crippen LogP contribution in [0, 0.1) is 6.92 Å². The number of carbonyl (C=O) groups excluding carboxylic acids is 1. The molecule has 0 spiro atoms. The Morgan fingerprint density at radius 2 is 1.76 bits per heavy atom. The van der Waals surface area contributed by atoms with Gasteiger partial charge in [-0.1, -0.05) is 53.2 Å². The Balaban J connectivity index is 0.00000400. The van der Waals surface area contributed by atoms with Gasteiger partial charge in [0, 0.05) is 27.7 Å². The number of hydrogen-bond donors (Lipinski definition) is 2. The first kappa shape index (κ1) is 29.9. The second-order valence-electron chi connectivity index (χ2n) is 7.91. The van der Waals surface area contributed by atoms with Crippen molar-refractivity contribution in [3.05, 3.63) is 81.8 Å². The van der Waals surface area contributed by atoms with E-state index in [2.05, 4.69) is 15.5 Å². The van der Waals surface area contributed by atoms with E-state index < -0.39 is 26.7 Å². The Morgan fingerprint density at radius 3 is 2.45 bits per heavy atom. The number of rotatable bonds is 6. The predicted molar refractivity (Wildman–Crippen MR) is 140 cm³/mol. The van der Waals surface area contributed by atoms with Gasteiger partial charge in [0.1, 0.15) is 10.6 Å². The molecule has 0 unspecified atom stereocenters. The molecule has 1 amide bonds. The fraction of sp³-hybridized carbons (Fsp3) is 0.0800. The molecular weight excluding hydrogens is 564 g/mol. The Labute approximate surface area is 250 Å². The van der Waals surface area contributed by atoms with Crippen LogP contribution in [0.4, 0.5) is 17.1 Å². The van der Waals surface area contributed by atoms with E-state index in [0.29, 0.717) is 32.8 Å². The number of amides is 1. The van der Waals surface area contributed by atoms with Crippen molar-refractivity contribution in [2.24, 2.45) is 10.2 Å². The molecule has 0 aliphatic heterocycles. The van der Waals surface area contributed by atoms with Gasteiger partial charge in [0.2, 0.25) is 0 Å². The summed E-state index contributed by atoms with van der Waals surface area (Å²) in [5.74, 6) is -0.983. The molecule has 0 saturated heterocycles. The number of aryl methyl sites for hydroxylation is 1. The van der Waals surface area contributed by atoms with E-state index in [-0.39, 0.29) is 51.5 Å². The van der Waals surface area contributed by atoms with Crippen LogP contribution in [0.5, 0.6) is 11.5 Å². The molecule has 4 aromatic carbocycles. The average molecular weight is 582 g/mol. The fourth-order valence-electron chi connectivity index (χ4n) is 3.60. The summed E-state index contributed by atoms with van der Waals surface area (Å²) in [4.78, 5) is 12.5. The maximum absolute atomic E-state index is 13.4. The fourth-order valence-corrected chi connectivity index (χ4v) is 4.88. The van der Waals surface area contributed by atoms with Gasteiger partial charge in [-0.3, -0.25) is 9.35 Å². The zero-order chi connectivity index (χ0) is 26.9. The van der Waals surface area contributed by atoms with Crippen molar-refractivity contribution < 1.29 is 57.2 Å². The Morgan fingerprint density at radius 1 is 1.05 bits per heavy atom. The first-order chi connectivity index (χ1) is 17.5. The molecule has 9 nitrogen and oxygen atoms in total. The number of ether oxygens (including phenoxy) is 1. The minimum absolute atomic E-state index is 0. The van der Waals surface area contributed by atoms with Gasteiger partial charge in [-0.2, -0.15) is 18.6 Å². The van der Waals surface area contributed by atoms with E-state index in [9.17, 15) is 22.9 Å². The number of carbonyl (C=O) groups is 1. The van der Waals surface area contributed by atoms with Gasteiger partial charge in [0.15, 0.2) is 0 Å². The van der Waals surface area contributed by atoms with E-state index >= 15 is 0 Å². The summed E-state index contributed by atoms with van der Waals surface area (Å²) in [6.45, 7) is 1.53. The van der Waals surface area contributed by atoms with Gasteiger partial charge in [-0.15, -0.1) is 0 Å². The standard InChI is InChI=1S/C25H19Cl2N3O6S.Na/c1-13-7-17(12-21(22(13)27)37(33,34)35)29-30-23-19-6-4-3-5-14(19)8-20(24(23)31)25(32)28-16-9-15(26)10-18(11-16)36-2;/h3-12,31H,1-2H3,(H,28,32)(H,33,34,35);/q;+1/p-1. The summed E-state index contributed by atoms with van der Waals surface area (Å²) in [6.07, 6.45) is 0. The Bertz CT molecular complexity index is 1700. The van der Waals surface area contributed by atoms with Crippen molar-refractivity contribution in [3.8, 4) is 11.5 Å². The van der Waals surface area contributed by atoms with Gasteiger partial charge >= 0.3 is 29.6 Å². The first-order valence-corrected chi connectivity index (χ1v) is 12.8. The van der Waals surface area contributed by atoms with Crippen LogP contribution in [0.3, 0.4) is 0 Å². The molecule has 0 radical (unpaired) electrons. The van der Waals surface area contributed by atoms with Gasteiger partial charge in [-0.05, 0) is 48.2 Å². The summed E-state index contributed by atoms with van der Waals surface area (Å²) in [6, 6.07) is 15.3. The number of azo groups is 1. The zero-order valence-electron chi connectivity index (χ0n) is 20.3. The minimum atomic E-state index is -4.63. The smallest absolute Gasteiger partial charge is 0.870 e. The SMILES string of the molecule is COc1cc(Cl)cc(NC(=O)c2cc3ccccc3c(N=Nc3cc(C)c(Cl)c(S(=O)(=O)O)c3)c2[O-])c1.[Na+]. The molecule has 0 fully saturated rings. The Kier molecular flexibility index (Phi) is 9.43. The number of nitrogens with one attached hydrogen (secondary N) is 1. The van der Waals surface area contributed by atoms with Crippen LogP contribution in [0.15, 0.2) is 75.8 Å². The monoisotopic (exact) mass is 581 g/mol. The van der Waals surface area contributed by atoms with Crippen molar-refractivity contribution in [3.63, 3.8) is 0 Å². The van der Waals surface area contributed by atoms with Crippen LogP contribution in [-0.4, -0.2) is 26.0 Å². The molecule has 38 heavy (non-hydrogen) atoms. The van der Waals surface area contributed by atoms with Crippen molar-refractivity contribution in [2.75, 3.05) is 12.4 Å². The first-order valence-electron chi connectivity index (χ1n) is 10.6. The molecule has 0 heterocycles. The molecule has 4 rings (SSSR count). The third kappa shape index (κ3) is 6.47. The van der Waals surface area contributed by atoms with Gasteiger partial charge in [-0.25, -0.2) is 0 Å². The van der Waals surface area contributed by atoms with Crippen molar-refractivity contribution in [1.29, 1.82) is 0 Å². The molecule has 190 valence electrons.